The Morgan fingerprint density at radius 3 is 2.46 bits per heavy atom. The van der Waals surface area contributed by atoms with Crippen molar-refractivity contribution in [1.82, 2.24) is 9.88 Å². The second-order valence-electron chi connectivity index (χ2n) is 5.19. The van der Waals surface area contributed by atoms with Crippen molar-refractivity contribution >= 4 is 18.1 Å². The minimum Gasteiger partial charge on any atom is -0.483 e. The minimum absolute atomic E-state index is 0.232. The summed E-state index contributed by atoms with van der Waals surface area (Å²) in [6, 6.07) is 9.62. The van der Waals surface area contributed by atoms with Crippen LogP contribution in [0.3, 0.4) is 0 Å². The van der Waals surface area contributed by atoms with Crippen LogP contribution in [0.1, 0.15) is 21.5 Å². The van der Waals surface area contributed by atoms with Crippen molar-refractivity contribution in [3.63, 3.8) is 0 Å². The molecule has 7 nitrogen and oxygen atoms in total. The smallest absolute Gasteiger partial charge is 0.337 e. The van der Waals surface area contributed by atoms with Crippen molar-refractivity contribution in [2.75, 3.05) is 19.4 Å². The van der Waals surface area contributed by atoms with Crippen molar-refractivity contribution in [2.45, 2.75) is 13.1 Å². The van der Waals surface area contributed by atoms with Gasteiger partial charge in [0.25, 0.3) is 6.47 Å². The van der Waals surface area contributed by atoms with Gasteiger partial charge in [-0.3, -0.25) is 9.78 Å². The number of nitrogens with zero attached hydrogens (tertiary/aromatic N) is 2. The topological polar surface area (TPSA) is 103 Å². The van der Waals surface area contributed by atoms with E-state index in [1.54, 1.807) is 0 Å². The Hall–Kier alpha value is -2.93. The van der Waals surface area contributed by atoms with E-state index in [0.717, 1.165) is 12.1 Å². The van der Waals surface area contributed by atoms with Gasteiger partial charge in [-0.25, -0.2) is 4.79 Å². The van der Waals surface area contributed by atoms with Crippen molar-refractivity contribution in [3.8, 4) is 0 Å². The molecule has 2 aromatic rings. The SMILES string of the molecule is CN(C)Cc1ccccc1CNc1cnccc1C(=O)O.O=CO. The summed E-state index contributed by atoms with van der Waals surface area (Å²) in [5, 5.41) is 19.2. The molecule has 0 aliphatic carbocycles. The fraction of sp³-hybridized carbons (Fsp3) is 0.235. The lowest BCUT2D eigenvalue weighted by Gasteiger charge is -2.15. The van der Waals surface area contributed by atoms with E-state index in [9.17, 15) is 4.79 Å². The number of pyridine rings is 1. The number of carbonyl (C=O) groups is 2. The van der Waals surface area contributed by atoms with Crippen molar-refractivity contribution in [3.05, 3.63) is 59.4 Å². The molecule has 3 N–H and O–H groups in total. The summed E-state index contributed by atoms with van der Waals surface area (Å²) in [5.74, 6) is -0.957. The molecule has 0 amide bonds. The normalized spacial score (nSPS) is 9.79. The number of carboxylic acid groups (broad SMARTS) is 2. The third-order valence-electron chi connectivity index (χ3n) is 3.13. The van der Waals surface area contributed by atoms with Crippen LogP contribution < -0.4 is 5.32 Å². The molecule has 128 valence electrons. The van der Waals surface area contributed by atoms with Crippen LogP contribution in [-0.4, -0.2) is 46.6 Å². The summed E-state index contributed by atoms with van der Waals surface area (Å²) in [4.78, 5) is 25.6. The number of rotatable bonds is 6. The van der Waals surface area contributed by atoms with Crippen molar-refractivity contribution < 1.29 is 19.8 Å². The van der Waals surface area contributed by atoms with Gasteiger partial charge in [0.1, 0.15) is 0 Å². The molecule has 0 spiro atoms. The fourth-order valence-corrected chi connectivity index (χ4v) is 2.14. The first-order valence-corrected chi connectivity index (χ1v) is 7.20. The number of nitrogens with one attached hydrogen (secondary N) is 1. The summed E-state index contributed by atoms with van der Waals surface area (Å²) in [6.07, 6.45) is 3.02. The molecule has 0 saturated carbocycles. The molecule has 0 atom stereocenters. The van der Waals surface area contributed by atoms with Gasteiger partial charge in [0.05, 0.1) is 17.4 Å². The monoisotopic (exact) mass is 331 g/mol. The van der Waals surface area contributed by atoms with Gasteiger partial charge in [-0.1, -0.05) is 24.3 Å². The molecular weight excluding hydrogens is 310 g/mol. The summed E-state index contributed by atoms with van der Waals surface area (Å²) in [7, 11) is 4.04. The number of hydrogen-bond acceptors (Lipinski definition) is 5. The highest BCUT2D eigenvalue weighted by Crippen LogP contribution is 2.17. The summed E-state index contributed by atoms with van der Waals surface area (Å²) in [6.45, 7) is 1.16. The molecule has 0 saturated heterocycles. The second kappa shape index (κ2) is 9.96. The van der Waals surface area contributed by atoms with Gasteiger partial charge in [0, 0.05) is 19.3 Å². The molecule has 1 heterocycles. The summed E-state index contributed by atoms with van der Waals surface area (Å²) >= 11 is 0. The molecule has 7 heteroatoms. The van der Waals surface area contributed by atoms with E-state index < -0.39 is 5.97 Å². The van der Waals surface area contributed by atoms with Crippen LogP contribution in [0.5, 0.6) is 0 Å². The van der Waals surface area contributed by atoms with E-state index in [-0.39, 0.29) is 12.0 Å². The third-order valence-corrected chi connectivity index (χ3v) is 3.13. The maximum atomic E-state index is 11.2. The van der Waals surface area contributed by atoms with E-state index in [4.69, 9.17) is 15.0 Å². The average Bonchev–Trinajstić information content (AvgIpc) is 2.54. The molecule has 1 aromatic heterocycles. The molecule has 0 aliphatic rings. The Labute approximate surface area is 140 Å². The minimum atomic E-state index is -0.957. The van der Waals surface area contributed by atoms with Crippen LogP contribution in [0, 0.1) is 0 Å². The zero-order chi connectivity index (χ0) is 17.9. The highest BCUT2D eigenvalue weighted by Gasteiger charge is 2.10. The van der Waals surface area contributed by atoms with E-state index in [1.807, 2.05) is 32.3 Å². The van der Waals surface area contributed by atoms with Crippen LogP contribution in [0.25, 0.3) is 0 Å². The third kappa shape index (κ3) is 6.05. The Kier molecular flexibility index (Phi) is 7.93. The zero-order valence-corrected chi connectivity index (χ0v) is 13.6. The number of aromatic nitrogens is 1. The Balaban J connectivity index is 0.000000891. The molecule has 24 heavy (non-hydrogen) atoms. The molecule has 1 aromatic carbocycles. The second-order valence-corrected chi connectivity index (χ2v) is 5.19. The van der Waals surface area contributed by atoms with Crippen molar-refractivity contribution in [1.29, 1.82) is 0 Å². The van der Waals surface area contributed by atoms with Gasteiger partial charge in [-0.05, 0) is 31.3 Å². The lowest BCUT2D eigenvalue weighted by Crippen LogP contribution is -2.14. The molecule has 2 rings (SSSR count). The van der Waals surface area contributed by atoms with E-state index in [1.165, 1.54) is 24.0 Å². The Morgan fingerprint density at radius 2 is 1.88 bits per heavy atom. The first-order valence-electron chi connectivity index (χ1n) is 7.20. The molecule has 0 aliphatic heterocycles. The largest absolute Gasteiger partial charge is 0.483 e. The van der Waals surface area contributed by atoms with Gasteiger partial charge in [0.15, 0.2) is 0 Å². The van der Waals surface area contributed by atoms with Crippen LogP contribution >= 0.6 is 0 Å². The van der Waals surface area contributed by atoms with Crippen LogP contribution in [0.15, 0.2) is 42.7 Å². The summed E-state index contributed by atoms with van der Waals surface area (Å²) < 4.78 is 0. The lowest BCUT2D eigenvalue weighted by molar-refractivity contribution is -0.122. The summed E-state index contributed by atoms with van der Waals surface area (Å²) in [5.41, 5.74) is 3.13. The van der Waals surface area contributed by atoms with E-state index in [0.29, 0.717) is 12.2 Å². The maximum Gasteiger partial charge on any atom is 0.337 e. The molecular formula is C17H21N3O4. The number of hydrogen-bond donors (Lipinski definition) is 3. The first-order chi connectivity index (χ1) is 11.5. The van der Waals surface area contributed by atoms with Crippen LogP contribution in [-0.2, 0) is 17.9 Å². The van der Waals surface area contributed by atoms with Crippen molar-refractivity contribution in [2.24, 2.45) is 0 Å². The average molecular weight is 331 g/mol. The predicted octanol–water partition coefficient (Wildman–Crippen LogP) is 2.15. The van der Waals surface area contributed by atoms with Gasteiger partial charge < -0.3 is 20.4 Å². The van der Waals surface area contributed by atoms with E-state index in [2.05, 4.69) is 21.3 Å². The first kappa shape index (κ1) is 19.1. The standard InChI is InChI=1S/C16H19N3O2.CH2O2/c1-19(2)11-13-6-4-3-5-12(13)9-18-15-10-17-8-7-14(15)16(20)21;2-1-3/h3-8,10,18H,9,11H2,1-2H3,(H,20,21);1H,(H,2,3). The molecule has 0 unspecified atom stereocenters. The number of aromatic carboxylic acids is 1. The van der Waals surface area contributed by atoms with Gasteiger partial charge in [0.2, 0.25) is 0 Å². The Morgan fingerprint density at radius 1 is 1.25 bits per heavy atom. The quantitative estimate of drug-likeness (QED) is 0.697. The maximum absolute atomic E-state index is 11.2. The fourth-order valence-electron chi connectivity index (χ4n) is 2.14. The van der Waals surface area contributed by atoms with Gasteiger partial charge in [-0.2, -0.15) is 0 Å². The zero-order valence-electron chi connectivity index (χ0n) is 13.6. The molecule has 0 radical (unpaired) electrons. The number of benzene rings is 1. The Bertz CT molecular complexity index is 674. The van der Waals surface area contributed by atoms with E-state index >= 15 is 0 Å². The number of carboxylic acids is 1. The highest BCUT2D eigenvalue weighted by atomic mass is 16.4. The predicted molar refractivity (Wildman–Crippen MR) is 91.0 cm³/mol. The van der Waals surface area contributed by atoms with Gasteiger partial charge in [-0.15, -0.1) is 0 Å². The highest BCUT2D eigenvalue weighted by molar-refractivity contribution is 5.93. The van der Waals surface area contributed by atoms with Crippen LogP contribution in [0.4, 0.5) is 5.69 Å². The lowest BCUT2D eigenvalue weighted by atomic mass is 10.1. The molecule has 0 fully saturated rings. The molecule has 0 bridgehead atoms. The van der Waals surface area contributed by atoms with Gasteiger partial charge >= 0.3 is 5.97 Å². The number of anilines is 1. The van der Waals surface area contributed by atoms with Crippen LogP contribution in [0.2, 0.25) is 0 Å².